The third kappa shape index (κ3) is 64.2. The second kappa shape index (κ2) is 53.4. The van der Waals surface area contributed by atoms with Gasteiger partial charge in [0, 0.05) is 84.7 Å². The van der Waals surface area contributed by atoms with Gasteiger partial charge in [0.15, 0.2) is 0 Å². The standard InChI is InChI=1S/C9H16O3.2C8H14O3.C7H12O4.2C7H12O3.C6H10O3/c1-7(2)8(11)12-9(3,4)5-6-10;1-6(2)8(10)11-7(3)4-5-9;1-7(2)8(10)11-6-4-3-5-9;1-5(2)7(10)11-4-6(9)3-8;1-5(2)7(9)10-6(3)4-8;1-6(2)7(9)10-5-3-4-8;1-5(2)6(8)9-4-3-7/h10H,1,5-6H2,2-4H3;7,9H,1,4-5H2,2-3H3;9H,1,3-6H2,2H3;6,8-9H,1,3-4H2,2H3;6,8H,1,4H2,2-3H3;8H,1,3-5H2,2H3;7H,1,3-4H2,2H3. The topological polar surface area (TPSA) is 346 Å². The van der Waals surface area contributed by atoms with E-state index >= 15 is 0 Å². The molecule has 0 aromatic heterocycles. The number of carbonyl (C=O) groups is 7. The Morgan fingerprint density at radius 3 is 1.08 bits per heavy atom. The van der Waals surface area contributed by atoms with E-state index in [9.17, 15) is 33.6 Å². The number of aliphatic hydroxyl groups is 8. The number of hydrogen-bond donors (Lipinski definition) is 8. The summed E-state index contributed by atoms with van der Waals surface area (Å²) in [7, 11) is 0. The maximum Gasteiger partial charge on any atom is 0.333 e. The first-order valence-electron chi connectivity index (χ1n) is 23.0. The van der Waals surface area contributed by atoms with Crippen molar-refractivity contribution in [3.8, 4) is 0 Å². The van der Waals surface area contributed by atoms with Gasteiger partial charge < -0.3 is 74.0 Å². The first kappa shape index (κ1) is 82.2. The van der Waals surface area contributed by atoms with Crippen LogP contribution in [-0.4, -0.2) is 179 Å². The van der Waals surface area contributed by atoms with Gasteiger partial charge in [-0.3, -0.25) is 0 Å². The largest absolute Gasteiger partial charge is 0.462 e. The number of esters is 7. The van der Waals surface area contributed by atoms with Gasteiger partial charge in [-0.05, 0) is 89.0 Å². The molecule has 430 valence electrons. The van der Waals surface area contributed by atoms with Gasteiger partial charge in [0.1, 0.15) is 37.1 Å². The molecule has 22 nitrogen and oxygen atoms in total. The lowest BCUT2D eigenvalue weighted by Gasteiger charge is -2.23. The normalized spacial score (nSPS) is 10.7. The fraction of sp³-hybridized carbons (Fsp3) is 0.596. The molecule has 0 fully saturated rings. The van der Waals surface area contributed by atoms with Gasteiger partial charge in [-0.2, -0.15) is 0 Å². The van der Waals surface area contributed by atoms with Crippen LogP contribution in [0.4, 0.5) is 0 Å². The minimum absolute atomic E-state index is 0.0104. The van der Waals surface area contributed by atoms with Crippen molar-refractivity contribution in [3.63, 3.8) is 0 Å². The third-order valence-electron chi connectivity index (χ3n) is 7.19. The fourth-order valence-corrected chi connectivity index (χ4v) is 2.97. The molecule has 0 aliphatic carbocycles. The summed E-state index contributed by atoms with van der Waals surface area (Å²) >= 11 is 0. The maximum atomic E-state index is 11.0. The van der Waals surface area contributed by atoms with E-state index < -0.39 is 60.2 Å². The van der Waals surface area contributed by atoms with E-state index in [0.717, 1.165) is 0 Å². The molecular formula is C52H90O22. The zero-order chi connectivity index (χ0) is 59.6. The molecule has 0 aromatic rings. The molecule has 0 aliphatic heterocycles. The Kier molecular flexibility index (Phi) is 59.3. The van der Waals surface area contributed by atoms with Crippen molar-refractivity contribution in [2.75, 3.05) is 72.7 Å². The quantitative estimate of drug-likeness (QED) is 0.0252. The second-order valence-corrected chi connectivity index (χ2v) is 16.3. The molecule has 0 spiro atoms. The monoisotopic (exact) mass is 1070 g/mol. The van der Waals surface area contributed by atoms with E-state index in [2.05, 4.69) is 65.0 Å². The van der Waals surface area contributed by atoms with Crippen molar-refractivity contribution < 1.29 is 108 Å². The van der Waals surface area contributed by atoms with E-state index in [0.29, 0.717) is 72.1 Å². The van der Waals surface area contributed by atoms with Crippen LogP contribution in [0.2, 0.25) is 0 Å². The lowest BCUT2D eigenvalue weighted by molar-refractivity contribution is -0.152. The predicted molar refractivity (Wildman–Crippen MR) is 278 cm³/mol. The number of carbonyl (C=O) groups excluding carboxylic acids is 7. The van der Waals surface area contributed by atoms with Crippen molar-refractivity contribution >= 4 is 41.8 Å². The van der Waals surface area contributed by atoms with Crippen LogP contribution in [0.15, 0.2) is 85.1 Å². The zero-order valence-electron chi connectivity index (χ0n) is 45.8. The Morgan fingerprint density at radius 1 is 0.419 bits per heavy atom. The Hall–Kier alpha value is -5.85. The van der Waals surface area contributed by atoms with Gasteiger partial charge >= 0.3 is 41.8 Å². The zero-order valence-corrected chi connectivity index (χ0v) is 45.8. The van der Waals surface area contributed by atoms with Crippen LogP contribution >= 0.6 is 0 Å². The Morgan fingerprint density at radius 2 is 0.770 bits per heavy atom. The Balaban J connectivity index is -0.000000142. The summed E-state index contributed by atoms with van der Waals surface area (Å²) in [6.07, 6.45) is 1.09. The van der Waals surface area contributed by atoms with Crippen molar-refractivity contribution in [1.82, 2.24) is 0 Å². The van der Waals surface area contributed by atoms with Gasteiger partial charge in [-0.15, -0.1) is 0 Å². The maximum absolute atomic E-state index is 11.0. The van der Waals surface area contributed by atoms with Gasteiger partial charge in [-0.1, -0.05) is 46.1 Å². The molecule has 8 N–H and O–H groups in total. The predicted octanol–water partition coefficient (Wildman–Crippen LogP) is 3.55. The lowest BCUT2D eigenvalue weighted by Crippen LogP contribution is -2.29. The molecular weight excluding hydrogens is 977 g/mol. The summed E-state index contributed by atoms with van der Waals surface area (Å²) in [6, 6.07) is 0. The van der Waals surface area contributed by atoms with Crippen molar-refractivity contribution in [3.05, 3.63) is 85.1 Å². The molecule has 0 saturated heterocycles. The van der Waals surface area contributed by atoms with Crippen LogP contribution in [0.25, 0.3) is 0 Å². The van der Waals surface area contributed by atoms with Crippen LogP contribution in [0, 0.1) is 0 Å². The molecule has 0 amide bonds. The van der Waals surface area contributed by atoms with E-state index in [1.54, 1.807) is 69.2 Å². The molecule has 0 radical (unpaired) electrons. The minimum atomic E-state index is -1.00. The molecule has 3 unspecified atom stereocenters. The van der Waals surface area contributed by atoms with Gasteiger partial charge in [0.2, 0.25) is 0 Å². The number of ether oxygens (including phenoxy) is 7. The smallest absolute Gasteiger partial charge is 0.333 e. The SMILES string of the molecule is C=C(C)C(=O)OC(C)(C)CCO.C=C(C)C(=O)OC(C)CCO.C=C(C)C(=O)OC(C)CO.C=C(C)C(=O)OCC(O)CO.C=C(C)C(=O)OCCCCO.C=C(C)C(=O)OCCCO.C=C(C)C(=O)OCCO. The van der Waals surface area contributed by atoms with Crippen LogP contribution in [0.1, 0.15) is 108 Å². The molecule has 3 atom stereocenters. The summed E-state index contributed by atoms with van der Waals surface area (Å²) in [5, 5.41) is 67.5. The molecule has 22 heteroatoms. The average Bonchev–Trinajstić information content (AvgIpc) is 3.31. The van der Waals surface area contributed by atoms with Crippen LogP contribution in [0.3, 0.4) is 0 Å². The third-order valence-corrected chi connectivity index (χ3v) is 7.19. The van der Waals surface area contributed by atoms with Crippen molar-refractivity contribution in [2.45, 2.75) is 132 Å². The first-order chi connectivity index (χ1) is 34.2. The van der Waals surface area contributed by atoms with Gasteiger partial charge in [-0.25, -0.2) is 33.6 Å². The van der Waals surface area contributed by atoms with Gasteiger partial charge in [0.25, 0.3) is 0 Å². The highest BCUT2D eigenvalue weighted by molar-refractivity contribution is 5.89. The Bertz CT molecular complexity index is 1700. The molecule has 0 aromatic carbocycles. The molecule has 0 bridgehead atoms. The summed E-state index contributed by atoms with van der Waals surface area (Å²) in [5.74, 6) is -3.03. The van der Waals surface area contributed by atoms with E-state index in [1.807, 2.05) is 0 Å². The molecule has 0 rings (SSSR count). The van der Waals surface area contributed by atoms with Crippen LogP contribution < -0.4 is 0 Å². The minimum Gasteiger partial charge on any atom is -0.462 e. The highest BCUT2D eigenvalue weighted by Crippen LogP contribution is 2.15. The van der Waals surface area contributed by atoms with E-state index in [1.165, 1.54) is 6.92 Å². The van der Waals surface area contributed by atoms with Crippen LogP contribution in [0.5, 0.6) is 0 Å². The summed E-state index contributed by atoms with van der Waals surface area (Å²) in [6.45, 7) is 41.7. The molecule has 0 aliphatic rings. The van der Waals surface area contributed by atoms with E-state index in [4.69, 9.17) is 55.1 Å². The van der Waals surface area contributed by atoms with Crippen molar-refractivity contribution in [2.24, 2.45) is 0 Å². The second-order valence-electron chi connectivity index (χ2n) is 16.3. The average molecular weight is 1070 g/mol. The number of aliphatic hydroxyl groups excluding tert-OH is 8. The fourth-order valence-electron chi connectivity index (χ4n) is 2.97. The highest BCUT2D eigenvalue weighted by atomic mass is 16.6. The summed E-state index contributed by atoms with van der Waals surface area (Å²) in [5.41, 5.74) is 1.92. The Labute approximate surface area is 438 Å². The molecule has 0 heterocycles. The summed E-state index contributed by atoms with van der Waals surface area (Å²) in [4.78, 5) is 75.0. The number of rotatable bonds is 27. The number of hydrogen-bond acceptors (Lipinski definition) is 22. The van der Waals surface area contributed by atoms with Crippen LogP contribution in [-0.2, 0) is 66.7 Å². The first-order valence-corrected chi connectivity index (χ1v) is 23.0. The van der Waals surface area contributed by atoms with Gasteiger partial charge in [0.05, 0.1) is 33.0 Å². The molecule has 0 saturated carbocycles. The molecule has 74 heavy (non-hydrogen) atoms. The number of unbranched alkanes of at least 4 members (excludes halogenated alkanes) is 1. The van der Waals surface area contributed by atoms with E-state index in [-0.39, 0.29) is 77.1 Å². The lowest BCUT2D eigenvalue weighted by atomic mass is 10.1. The highest BCUT2D eigenvalue weighted by Gasteiger charge is 2.22. The summed E-state index contributed by atoms with van der Waals surface area (Å²) < 4.78 is 32.9. The van der Waals surface area contributed by atoms with Crippen molar-refractivity contribution in [1.29, 1.82) is 0 Å².